The number of amides is 5. The Balaban J connectivity index is 0.000000119. The van der Waals surface area contributed by atoms with E-state index >= 15 is 0 Å². The first kappa shape index (κ1) is 82.1. The second kappa shape index (κ2) is 36.2. The van der Waals surface area contributed by atoms with Gasteiger partial charge in [0.2, 0.25) is 27.6 Å². The number of hydrogen-bond donors (Lipinski definition) is 5. The maximum Gasteiger partial charge on any atom is 0.278 e. The Morgan fingerprint density at radius 2 is 0.675 bits per heavy atom. The lowest BCUT2D eigenvalue weighted by Crippen LogP contribution is -2.55. The average Bonchev–Trinajstić information content (AvgIpc) is 0.900. The molecule has 31 heteroatoms. The van der Waals surface area contributed by atoms with Gasteiger partial charge in [-0.2, -0.15) is 0 Å². The number of benzene rings is 6. The van der Waals surface area contributed by atoms with Crippen molar-refractivity contribution in [2.24, 2.45) is 0 Å². The van der Waals surface area contributed by atoms with Crippen LogP contribution in [0.4, 0.5) is 0 Å². The van der Waals surface area contributed by atoms with Crippen molar-refractivity contribution < 1.29 is 58.6 Å². The Bertz CT molecular complexity index is 6290. The number of nitrogens with zero attached hydrogens (tertiary/aromatic N) is 14. The molecule has 8 aliphatic rings. The van der Waals surface area contributed by atoms with Gasteiger partial charge in [-0.15, -0.1) is 0 Å². The van der Waals surface area contributed by atoms with Crippen molar-refractivity contribution in [1.82, 2.24) is 53.6 Å². The molecule has 8 bridgehead atoms. The summed E-state index contributed by atoms with van der Waals surface area (Å²) in [4.78, 5) is 129. The Hall–Kier alpha value is -16.2. The minimum absolute atomic E-state index is 0.0338. The molecule has 636 valence electrons. The summed E-state index contributed by atoms with van der Waals surface area (Å²) in [6.45, 7) is 3.66. The van der Waals surface area contributed by atoms with E-state index < -0.39 is 74.5 Å². The molecule has 20 rings (SSSR count). The number of aromatic hydroxyl groups is 4. The molecule has 12 aromatic rings. The number of nitrogens with one attached hydrogen (secondary N) is 1. The fraction of sp³-hybridized carbons (Fsp3) is 0.189. The molecule has 31 nitrogen and oxygen atoms in total. The fourth-order valence-corrected chi connectivity index (χ4v) is 16.6. The maximum atomic E-state index is 13.2. The number of hydrogen-bond acceptors (Lipinski definition) is 22. The van der Waals surface area contributed by atoms with Crippen LogP contribution in [0.15, 0.2) is 311 Å². The highest BCUT2D eigenvalue weighted by atomic mass is 16.5. The molecular formula is C95H85N15O16. The zero-order chi connectivity index (χ0) is 87.1. The predicted octanol–water partition coefficient (Wildman–Crippen LogP) is 8.83. The van der Waals surface area contributed by atoms with Crippen LogP contribution in [-0.2, 0) is 11.3 Å². The van der Waals surface area contributed by atoms with Crippen LogP contribution in [0.1, 0.15) is 129 Å². The molecule has 5 N–H and O–H groups in total. The van der Waals surface area contributed by atoms with Gasteiger partial charge in [-0.1, -0.05) is 176 Å². The lowest BCUT2D eigenvalue weighted by molar-refractivity contribution is -0.121. The molecule has 0 spiro atoms. The zero-order valence-electron chi connectivity index (χ0n) is 67.9. The number of fused-ring (bicyclic) bond motifs is 20. The average molecular weight is 1690 g/mol. The van der Waals surface area contributed by atoms with E-state index in [1.54, 1.807) is 52.0 Å². The van der Waals surface area contributed by atoms with Crippen LogP contribution in [0.25, 0.3) is 0 Å². The molecule has 0 saturated carbocycles. The number of carbonyl (C=O) groups excluding carboxylic acids is 5. The second-order valence-electron chi connectivity index (χ2n) is 30.3. The van der Waals surface area contributed by atoms with Crippen LogP contribution >= 0.6 is 0 Å². The van der Waals surface area contributed by atoms with Gasteiger partial charge in [-0.3, -0.25) is 91.9 Å². The van der Waals surface area contributed by atoms with E-state index in [-0.39, 0.29) is 86.3 Å². The lowest BCUT2D eigenvalue weighted by atomic mass is 9.93. The summed E-state index contributed by atoms with van der Waals surface area (Å²) in [7, 11) is 0. The first-order chi connectivity index (χ1) is 61.5. The Labute approximate surface area is 720 Å². The normalized spacial score (nSPS) is 18.8. The second-order valence-corrected chi connectivity index (χ2v) is 30.3. The van der Waals surface area contributed by atoms with Gasteiger partial charge in [0.25, 0.3) is 23.6 Å². The molecule has 14 heterocycles. The van der Waals surface area contributed by atoms with E-state index in [4.69, 9.17) is 14.2 Å². The first-order valence-electron chi connectivity index (χ1n) is 40.9. The molecule has 6 aromatic heterocycles. The molecule has 0 aliphatic carbocycles. The zero-order valence-corrected chi connectivity index (χ0v) is 67.9. The van der Waals surface area contributed by atoms with Gasteiger partial charge in [-0.05, 0) is 83.3 Å². The van der Waals surface area contributed by atoms with Gasteiger partial charge >= 0.3 is 0 Å². The lowest BCUT2D eigenvalue weighted by Gasteiger charge is -2.44. The topological polar surface area (TPSA) is 346 Å². The summed E-state index contributed by atoms with van der Waals surface area (Å²) in [5, 5.41) is 52.8. The largest absolute Gasteiger partial charge is 0.502 e. The van der Waals surface area contributed by atoms with Crippen molar-refractivity contribution in [2.45, 2.75) is 43.6 Å². The summed E-state index contributed by atoms with van der Waals surface area (Å²) in [6, 6.07) is 65.6. The fourth-order valence-electron chi connectivity index (χ4n) is 16.6. The number of pyridine rings is 6. The van der Waals surface area contributed by atoms with Crippen LogP contribution in [-0.4, -0.2) is 171 Å². The summed E-state index contributed by atoms with van der Waals surface area (Å²) >= 11 is 0. The Morgan fingerprint density at radius 3 is 1.10 bits per heavy atom. The van der Waals surface area contributed by atoms with Crippen molar-refractivity contribution in [1.29, 1.82) is 0 Å². The first-order valence-corrected chi connectivity index (χ1v) is 40.9. The summed E-state index contributed by atoms with van der Waals surface area (Å²) in [5.41, 5.74) is 5.35. The van der Waals surface area contributed by atoms with E-state index in [0.29, 0.717) is 63.9 Å². The van der Waals surface area contributed by atoms with E-state index in [1.807, 2.05) is 251 Å². The molecule has 0 saturated heterocycles. The number of rotatable bonds is 4. The van der Waals surface area contributed by atoms with Crippen LogP contribution in [0, 0.1) is 0 Å². The van der Waals surface area contributed by atoms with Gasteiger partial charge in [-0.25, -0.2) is 0 Å². The monoisotopic (exact) mass is 1690 g/mol. The third-order valence-corrected chi connectivity index (χ3v) is 22.7. The van der Waals surface area contributed by atoms with Gasteiger partial charge < -0.3 is 59.6 Å². The summed E-state index contributed by atoms with van der Waals surface area (Å²) in [5.74, 6) is -1.98. The van der Waals surface area contributed by atoms with Gasteiger partial charge in [0.15, 0.2) is 45.8 Å². The number of carbonyl (C=O) groups is 5. The number of para-hydroxylation sites is 3. The van der Waals surface area contributed by atoms with Crippen LogP contribution in [0.2, 0.25) is 0 Å². The van der Waals surface area contributed by atoms with Crippen molar-refractivity contribution in [3.8, 4) is 40.2 Å². The predicted molar refractivity (Wildman–Crippen MR) is 465 cm³/mol. The quantitative estimate of drug-likeness (QED) is 0.103. The number of aromatic nitrogens is 6. The van der Waals surface area contributed by atoms with E-state index in [9.17, 15) is 63.6 Å². The van der Waals surface area contributed by atoms with Gasteiger partial charge in [0.05, 0.1) is 24.0 Å². The van der Waals surface area contributed by atoms with Crippen LogP contribution < -0.4 is 61.3 Å². The summed E-state index contributed by atoms with van der Waals surface area (Å²) < 4.78 is 24.4. The summed E-state index contributed by atoms with van der Waals surface area (Å²) in [6.07, 6.45) is 21.6. The Morgan fingerprint density at radius 1 is 0.333 bits per heavy atom. The third kappa shape index (κ3) is 16.3. The minimum Gasteiger partial charge on any atom is -0.502 e. The van der Waals surface area contributed by atoms with E-state index in [2.05, 4.69) is 15.3 Å². The highest BCUT2D eigenvalue weighted by Gasteiger charge is 2.43. The van der Waals surface area contributed by atoms with E-state index in [1.165, 1.54) is 47.8 Å². The Kier molecular flexibility index (Phi) is 23.6. The molecule has 8 aliphatic heterocycles. The smallest absolute Gasteiger partial charge is 0.278 e. The molecule has 0 radical (unpaired) electrons. The molecule has 2 unspecified atom stereocenters. The van der Waals surface area contributed by atoms with Crippen LogP contribution in [0.3, 0.4) is 0 Å². The SMILES string of the molecule is O=C1CCN2CN(C(c3ccccc3)c3ccccc3CN1)n1ccc(=O)c(O)c1C2=O.O=C1c2c(O)c(=O)ccn2N2CN1C/C=C\CCOc1ccccc1C2c1ccccc1.O=C1c2c(O)c(=O)ccn2N2CN1C/C=C\COc1ccccc1[C@@H]2c1ccccn1.O=C1c2c(O)c(=O)ccn2N2CN1C/C=C\COc1ccccc1[C@H]2c1ccccn1. The highest BCUT2D eigenvalue weighted by molar-refractivity contribution is 5.98. The van der Waals surface area contributed by atoms with Crippen molar-refractivity contribution in [3.05, 3.63) is 406 Å². The van der Waals surface area contributed by atoms with Crippen LogP contribution in [0.5, 0.6) is 40.2 Å². The highest BCUT2D eigenvalue weighted by Crippen LogP contribution is 2.42. The van der Waals surface area contributed by atoms with Crippen molar-refractivity contribution in [3.63, 3.8) is 0 Å². The molecule has 126 heavy (non-hydrogen) atoms. The maximum absolute atomic E-state index is 13.2. The molecule has 5 amide bonds. The molecule has 4 atom stereocenters. The van der Waals surface area contributed by atoms with Gasteiger partial charge in [0.1, 0.15) is 75.3 Å². The standard InChI is InChI=1S/C25H23N3O4.C24H22N4O4.2C23H20N4O4/c29-20-13-15-27-23(24(20)30)25(31)26-14-7-2-8-16-32-21-12-6-5-11-19(21)22(28(27)17-26)18-9-3-1-4-10-18;29-19-10-13-27-22(23(19)31)24(32)26-12-11-20(30)25-14-17-8-4-5-9-18(17)21(28(27)15-26)16-6-2-1-3-7-16;2*28-18-10-13-26-21(22(18)29)23(30)25-12-5-6-14-31-19-9-2-1-7-16(19)20(27(26)15-25)17-8-3-4-11-24-17/h1-7,9-13,15,22,30H,8,14,16-17H2;1-10,13,21,31H,11-12,14-15H2,(H,25,30);2*1-11,13,20,29H,12,14-15H2/b7-2-;;2*6-5-/t;;2*20-/m..10/s1. The molecular weight excluding hydrogens is 1610 g/mol. The number of ether oxygens (including phenoxy) is 3. The minimum atomic E-state index is -0.620. The molecule has 0 fully saturated rings. The van der Waals surface area contributed by atoms with Gasteiger partial charge in [0, 0.05) is 117 Å². The third-order valence-electron chi connectivity index (χ3n) is 22.7. The van der Waals surface area contributed by atoms with Crippen molar-refractivity contribution >= 4 is 29.5 Å². The van der Waals surface area contributed by atoms with E-state index in [0.717, 1.165) is 56.1 Å². The van der Waals surface area contributed by atoms with Crippen molar-refractivity contribution in [2.75, 3.05) is 92.7 Å². The molecule has 6 aromatic carbocycles.